The number of aromatic nitrogens is 1. The number of piperidine rings is 1. The molecule has 0 aliphatic carbocycles. The number of aryl methyl sites for hydroxylation is 1. The fraction of sp³-hybridized carbons (Fsp3) is 0.600. The van der Waals surface area contributed by atoms with E-state index in [0.717, 1.165) is 36.4 Å². The van der Waals surface area contributed by atoms with Crippen LogP contribution in [0.1, 0.15) is 43.9 Å². The summed E-state index contributed by atoms with van der Waals surface area (Å²) in [4.78, 5) is 11.2. The minimum atomic E-state index is -4.21. The number of aliphatic imine (C=N–C) groups is 1. The fourth-order valence-electron chi connectivity index (χ4n) is 3.27. The highest BCUT2D eigenvalue weighted by Crippen LogP contribution is 2.25. The summed E-state index contributed by atoms with van der Waals surface area (Å²) in [5, 5.41) is 0. The number of anilines is 1. The minimum absolute atomic E-state index is 0.567. The molecule has 1 aromatic rings. The lowest BCUT2D eigenvalue weighted by molar-refractivity contribution is -0.105. The second kappa shape index (κ2) is 10.3. The number of allylic oxidation sites excluding steroid dienone is 1. The molecule has 1 unspecified atom stereocenters. The van der Waals surface area contributed by atoms with Crippen LogP contribution in [0.3, 0.4) is 0 Å². The number of pyridine rings is 1. The van der Waals surface area contributed by atoms with Crippen LogP contribution in [-0.2, 0) is 0 Å². The number of nitrogens with zero attached hydrogens (tertiary/aromatic N) is 3. The Morgan fingerprint density at radius 2 is 2.21 bits per heavy atom. The Morgan fingerprint density at radius 3 is 2.89 bits per heavy atom. The first-order valence-electron chi connectivity index (χ1n) is 9.47. The van der Waals surface area contributed by atoms with Crippen molar-refractivity contribution in [3.05, 3.63) is 35.8 Å². The molecule has 1 aromatic heterocycles. The molecule has 1 fully saturated rings. The zero-order chi connectivity index (χ0) is 20.7. The van der Waals surface area contributed by atoms with Crippen LogP contribution in [0, 0.1) is 12.8 Å². The van der Waals surface area contributed by atoms with Gasteiger partial charge in [-0.25, -0.2) is 0 Å². The third kappa shape index (κ3) is 7.83. The molecule has 0 amide bonds. The van der Waals surface area contributed by atoms with Crippen molar-refractivity contribution in [1.82, 2.24) is 9.88 Å². The largest absolute Gasteiger partial charge is 0.399 e. The van der Waals surface area contributed by atoms with E-state index in [2.05, 4.69) is 33.2 Å². The van der Waals surface area contributed by atoms with Crippen LogP contribution in [0.4, 0.5) is 18.9 Å². The van der Waals surface area contributed by atoms with Gasteiger partial charge in [-0.3, -0.25) is 9.98 Å². The quantitative estimate of drug-likeness (QED) is 0.453. The van der Waals surface area contributed by atoms with E-state index in [0.29, 0.717) is 29.2 Å². The molecule has 2 rings (SSSR count). The van der Waals surface area contributed by atoms with Crippen LogP contribution in [0.2, 0.25) is 0 Å². The lowest BCUT2D eigenvalue weighted by Crippen LogP contribution is -2.31. The van der Waals surface area contributed by atoms with Gasteiger partial charge in [0, 0.05) is 29.7 Å². The van der Waals surface area contributed by atoms with Crippen molar-refractivity contribution in [1.29, 1.82) is 0 Å². The summed E-state index contributed by atoms with van der Waals surface area (Å²) in [6.07, 6.45) is 1.91. The molecule has 0 radical (unpaired) electrons. The molecule has 0 spiro atoms. The number of alkyl halides is 3. The van der Waals surface area contributed by atoms with Crippen LogP contribution in [0.15, 0.2) is 29.5 Å². The molecule has 0 aromatic carbocycles. The van der Waals surface area contributed by atoms with Gasteiger partial charge in [0.1, 0.15) is 5.75 Å². The van der Waals surface area contributed by atoms with E-state index >= 15 is 0 Å². The Bertz CT molecular complexity index is 703. The maximum atomic E-state index is 12.3. The standard InChI is InChI=1S/C20H29F3N4S/c1-14(7-8-17-6-5-9-27(4)12-17)25-15(2)18-10-19(16(3)24-11-18)26-28-13-20(21,22)23/h10-11,17,26H,1,5-9,12-13H2,2-4H3. The van der Waals surface area contributed by atoms with E-state index in [4.69, 9.17) is 0 Å². The molecule has 2 heterocycles. The number of halogens is 3. The summed E-state index contributed by atoms with van der Waals surface area (Å²) in [6.45, 7) is 10.0. The average Bonchev–Trinajstić information content (AvgIpc) is 2.60. The summed E-state index contributed by atoms with van der Waals surface area (Å²) in [5.41, 5.74) is 3.58. The van der Waals surface area contributed by atoms with Gasteiger partial charge in [-0.1, -0.05) is 6.58 Å². The van der Waals surface area contributed by atoms with Crippen LogP contribution in [0.25, 0.3) is 0 Å². The first kappa shape index (κ1) is 22.7. The molecule has 156 valence electrons. The number of rotatable bonds is 8. The van der Waals surface area contributed by atoms with Gasteiger partial charge in [-0.05, 0) is 77.1 Å². The lowest BCUT2D eigenvalue weighted by atomic mass is 9.93. The van der Waals surface area contributed by atoms with Crippen molar-refractivity contribution in [2.75, 3.05) is 30.6 Å². The predicted molar refractivity (Wildman–Crippen MR) is 112 cm³/mol. The molecule has 1 saturated heterocycles. The summed E-state index contributed by atoms with van der Waals surface area (Å²) in [6, 6.07) is 1.79. The average molecular weight is 415 g/mol. The lowest BCUT2D eigenvalue weighted by Gasteiger charge is -2.29. The van der Waals surface area contributed by atoms with Crippen LogP contribution >= 0.6 is 11.9 Å². The Morgan fingerprint density at radius 1 is 1.46 bits per heavy atom. The zero-order valence-corrected chi connectivity index (χ0v) is 17.6. The highest BCUT2D eigenvalue weighted by molar-refractivity contribution is 8.00. The molecular weight excluding hydrogens is 385 g/mol. The smallest absolute Gasteiger partial charge is 0.328 e. The van der Waals surface area contributed by atoms with E-state index in [1.807, 2.05) is 6.92 Å². The van der Waals surface area contributed by atoms with Gasteiger partial charge in [0.25, 0.3) is 0 Å². The summed E-state index contributed by atoms with van der Waals surface area (Å²) < 4.78 is 39.7. The number of hydrogen-bond acceptors (Lipinski definition) is 5. The van der Waals surface area contributed by atoms with Crippen LogP contribution in [-0.4, -0.2) is 47.7 Å². The maximum absolute atomic E-state index is 12.3. The normalized spacial score (nSPS) is 18.9. The highest BCUT2D eigenvalue weighted by atomic mass is 32.2. The van der Waals surface area contributed by atoms with Gasteiger partial charge in [-0.2, -0.15) is 13.2 Å². The molecule has 8 heteroatoms. The zero-order valence-electron chi connectivity index (χ0n) is 16.8. The van der Waals surface area contributed by atoms with E-state index in [1.54, 1.807) is 19.2 Å². The third-order valence-electron chi connectivity index (χ3n) is 4.81. The van der Waals surface area contributed by atoms with Gasteiger partial charge in [0.15, 0.2) is 0 Å². The first-order chi connectivity index (χ1) is 13.1. The summed E-state index contributed by atoms with van der Waals surface area (Å²) in [5.74, 6) is -0.273. The van der Waals surface area contributed by atoms with Gasteiger partial charge in [-0.15, -0.1) is 0 Å². The molecular formula is C20H29F3N4S. The van der Waals surface area contributed by atoms with Crippen molar-refractivity contribution in [3.8, 4) is 0 Å². The molecule has 28 heavy (non-hydrogen) atoms. The molecule has 1 aliphatic heterocycles. The fourth-order valence-corrected chi connectivity index (χ4v) is 3.87. The highest BCUT2D eigenvalue weighted by Gasteiger charge is 2.27. The molecule has 1 N–H and O–H groups in total. The Labute approximate surface area is 169 Å². The molecule has 0 saturated carbocycles. The maximum Gasteiger partial charge on any atom is 0.399 e. The molecule has 4 nitrogen and oxygen atoms in total. The molecule has 1 atom stereocenters. The minimum Gasteiger partial charge on any atom is -0.328 e. The Kier molecular flexibility index (Phi) is 8.37. The summed E-state index contributed by atoms with van der Waals surface area (Å²) >= 11 is 0.609. The molecule has 0 bridgehead atoms. The predicted octanol–water partition coefficient (Wildman–Crippen LogP) is 5.46. The van der Waals surface area contributed by atoms with E-state index in [9.17, 15) is 13.2 Å². The second-order valence-corrected chi connectivity index (χ2v) is 8.22. The van der Waals surface area contributed by atoms with Gasteiger partial charge >= 0.3 is 6.18 Å². The SMILES string of the molecule is C=C(CCC1CCCN(C)C1)N=C(C)c1cnc(C)c(NSCC(F)(F)F)c1. The van der Waals surface area contributed by atoms with Crippen LogP contribution < -0.4 is 4.72 Å². The van der Waals surface area contributed by atoms with Gasteiger partial charge < -0.3 is 9.62 Å². The number of hydrogen-bond donors (Lipinski definition) is 1. The second-order valence-electron chi connectivity index (χ2n) is 7.44. The van der Waals surface area contributed by atoms with Gasteiger partial charge in [0.2, 0.25) is 0 Å². The molecule has 1 aliphatic rings. The third-order valence-corrected chi connectivity index (χ3v) is 5.65. The van der Waals surface area contributed by atoms with E-state index in [-0.39, 0.29) is 0 Å². The Balaban J connectivity index is 1.93. The van der Waals surface area contributed by atoms with Crippen LogP contribution in [0.5, 0.6) is 0 Å². The number of likely N-dealkylation sites (tertiary alicyclic amines) is 1. The van der Waals surface area contributed by atoms with Crippen molar-refractivity contribution < 1.29 is 13.2 Å². The van der Waals surface area contributed by atoms with Gasteiger partial charge in [0.05, 0.1) is 11.4 Å². The van der Waals surface area contributed by atoms with Crippen molar-refractivity contribution in [2.45, 2.75) is 45.7 Å². The van der Waals surface area contributed by atoms with E-state index < -0.39 is 11.9 Å². The summed E-state index contributed by atoms with van der Waals surface area (Å²) in [7, 11) is 2.16. The number of nitrogens with one attached hydrogen (secondary N) is 1. The van der Waals surface area contributed by atoms with Crippen molar-refractivity contribution >= 4 is 23.3 Å². The topological polar surface area (TPSA) is 40.5 Å². The Hall–Kier alpha value is -1.54. The monoisotopic (exact) mass is 414 g/mol. The van der Waals surface area contributed by atoms with Crippen molar-refractivity contribution in [2.24, 2.45) is 10.9 Å². The van der Waals surface area contributed by atoms with Crippen molar-refractivity contribution in [3.63, 3.8) is 0 Å². The van der Waals surface area contributed by atoms with E-state index in [1.165, 1.54) is 19.4 Å². The first-order valence-corrected chi connectivity index (χ1v) is 10.5.